The number of rotatable bonds is 4. The maximum Gasteiger partial charge on any atom is 0.161 e. The van der Waals surface area contributed by atoms with E-state index in [1.165, 1.54) is 69.7 Å². The molecule has 0 amide bonds. The summed E-state index contributed by atoms with van der Waals surface area (Å²) < 4.78 is 2.53. The van der Waals surface area contributed by atoms with E-state index in [0.717, 1.165) is 39.3 Å². The Morgan fingerprint density at radius 3 is 1.89 bits per heavy atom. The lowest BCUT2D eigenvalue weighted by molar-refractivity contribution is 0.661. The lowest BCUT2D eigenvalue weighted by atomic mass is 9.81. The maximum atomic E-state index is 5.38. The molecule has 0 N–H and O–H groups in total. The molecule has 0 unspecified atom stereocenters. The van der Waals surface area contributed by atoms with Gasteiger partial charge in [-0.05, 0) is 91.3 Å². The smallest absolute Gasteiger partial charge is 0.161 e. The van der Waals surface area contributed by atoms with Crippen LogP contribution in [-0.2, 0) is 5.41 Å². The first-order chi connectivity index (χ1) is 26.5. The van der Waals surface area contributed by atoms with E-state index in [-0.39, 0.29) is 5.41 Å². The van der Waals surface area contributed by atoms with E-state index in [2.05, 4.69) is 184 Å². The van der Waals surface area contributed by atoms with Gasteiger partial charge in [-0.2, -0.15) is 0 Å². The standard InChI is InChI=1S/C51H34N2S/c1-51(2)44-26-23-34(28-42(44)43-27-32-15-6-7-16-33(32)29-45(43)51)35-24-25-40(37-18-9-8-17-36(35)37)50-52-46(31-13-4-3-5-14-31)30-47(53-50)41-21-12-20-39-38-19-10-11-22-48(38)54-49(39)41/h3-30H,1-2H3. The molecule has 0 fully saturated rings. The van der Waals surface area contributed by atoms with E-state index >= 15 is 0 Å². The zero-order chi connectivity index (χ0) is 36.0. The van der Waals surface area contributed by atoms with E-state index in [0.29, 0.717) is 0 Å². The Kier molecular flexibility index (Phi) is 6.80. The van der Waals surface area contributed by atoms with Gasteiger partial charge in [-0.15, -0.1) is 11.3 Å². The minimum Gasteiger partial charge on any atom is -0.228 e. The van der Waals surface area contributed by atoms with Gasteiger partial charge in [0, 0.05) is 42.3 Å². The highest BCUT2D eigenvalue weighted by molar-refractivity contribution is 7.26. The van der Waals surface area contributed by atoms with Crippen LogP contribution in [0.4, 0.5) is 0 Å². The molecule has 54 heavy (non-hydrogen) atoms. The number of nitrogens with zero attached hydrogens (tertiary/aromatic N) is 2. The number of hydrogen-bond donors (Lipinski definition) is 0. The molecule has 11 rings (SSSR count). The third-order valence-corrected chi connectivity index (χ3v) is 12.7. The Hall–Kier alpha value is -6.42. The molecule has 2 aromatic heterocycles. The second-order valence-corrected chi connectivity index (χ2v) is 16.0. The van der Waals surface area contributed by atoms with Crippen LogP contribution in [0.15, 0.2) is 170 Å². The monoisotopic (exact) mass is 706 g/mol. The van der Waals surface area contributed by atoms with E-state index in [1.807, 2.05) is 11.3 Å². The van der Waals surface area contributed by atoms with Crippen molar-refractivity contribution >= 4 is 53.1 Å². The molecule has 10 aromatic rings. The molecule has 0 aliphatic heterocycles. The Bertz CT molecular complexity index is 3130. The first-order valence-electron chi connectivity index (χ1n) is 18.6. The van der Waals surface area contributed by atoms with Crippen molar-refractivity contribution in [3.63, 3.8) is 0 Å². The van der Waals surface area contributed by atoms with Crippen LogP contribution >= 0.6 is 11.3 Å². The highest BCUT2D eigenvalue weighted by Crippen LogP contribution is 2.51. The quantitative estimate of drug-likeness (QED) is 0.182. The molecule has 2 heterocycles. The molecular formula is C51H34N2S. The lowest BCUT2D eigenvalue weighted by Crippen LogP contribution is -2.14. The van der Waals surface area contributed by atoms with Crippen LogP contribution in [0.25, 0.3) is 97.9 Å². The predicted molar refractivity (Wildman–Crippen MR) is 229 cm³/mol. The third kappa shape index (κ3) is 4.72. The largest absolute Gasteiger partial charge is 0.228 e. The first kappa shape index (κ1) is 31.1. The van der Waals surface area contributed by atoms with E-state index in [4.69, 9.17) is 9.97 Å². The third-order valence-electron chi connectivity index (χ3n) is 11.5. The summed E-state index contributed by atoms with van der Waals surface area (Å²) in [6.45, 7) is 4.71. The second kappa shape index (κ2) is 11.8. The van der Waals surface area contributed by atoms with Gasteiger partial charge in [0.2, 0.25) is 0 Å². The fourth-order valence-electron chi connectivity index (χ4n) is 8.76. The highest BCUT2D eigenvalue weighted by Gasteiger charge is 2.36. The summed E-state index contributed by atoms with van der Waals surface area (Å²) in [5.41, 5.74) is 12.8. The predicted octanol–water partition coefficient (Wildman–Crippen LogP) is 14.1. The van der Waals surface area contributed by atoms with Crippen molar-refractivity contribution < 1.29 is 0 Å². The molecule has 0 bridgehead atoms. The van der Waals surface area contributed by atoms with Crippen LogP contribution < -0.4 is 0 Å². The van der Waals surface area contributed by atoms with Crippen molar-refractivity contribution in [1.82, 2.24) is 9.97 Å². The molecule has 8 aromatic carbocycles. The van der Waals surface area contributed by atoms with Crippen LogP contribution in [0.5, 0.6) is 0 Å². The molecule has 1 aliphatic rings. The molecular weight excluding hydrogens is 673 g/mol. The van der Waals surface area contributed by atoms with Gasteiger partial charge in [-0.1, -0.05) is 147 Å². The van der Waals surface area contributed by atoms with Crippen molar-refractivity contribution in [1.29, 1.82) is 0 Å². The van der Waals surface area contributed by atoms with Crippen molar-refractivity contribution in [3.8, 4) is 56.2 Å². The van der Waals surface area contributed by atoms with Gasteiger partial charge >= 0.3 is 0 Å². The van der Waals surface area contributed by atoms with Gasteiger partial charge in [0.05, 0.1) is 11.4 Å². The van der Waals surface area contributed by atoms with Crippen molar-refractivity contribution in [3.05, 3.63) is 181 Å². The van der Waals surface area contributed by atoms with Crippen LogP contribution in [0.2, 0.25) is 0 Å². The summed E-state index contributed by atoms with van der Waals surface area (Å²) in [6, 6.07) is 61.7. The molecule has 254 valence electrons. The number of benzene rings is 8. The van der Waals surface area contributed by atoms with Crippen LogP contribution in [0.1, 0.15) is 25.0 Å². The van der Waals surface area contributed by atoms with E-state index < -0.39 is 0 Å². The minimum atomic E-state index is -0.0713. The first-order valence-corrected chi connectivity index (χ1v) is 19.4. The molecule has 0 atom stereocenters. The molecule has 0 radical (unpaired) electrons. The average molecular weight is 707 g/mol. The Balaban J connectivity index is 1.10. The molecule has 0 saturated carbocycles. The van der Waals surface area contributed by atoms with Crippen LogP contribution in [0, 0.1) is 0 Å². The summed E-state index contributed by atoms with van der Waals surface area (Å²) in [5.74, 6) is 0.726. The van der Waals surface area contributed by atoms with Crippen LogP contribution in [0.3, 0.4) is 0 Å². The summed E-state index contributed by atoms with van der Waals surface area (Å²) in [5, 5.41) is 7.44. The molecule has 0 saturated heterocycles. The molecule has 1 aliphatic carbocycles. The Labute approximate surface area is 318 Å². The van der Waals surface area contributed by atoms with Gasteiger partial charge in [0.15, 0.2) is 5.82 Å². The maximum absolute atomic E-state index is 5.38. The number of aromatic nitrogens is 2. The van der Waals surface area contributed by atoms with Gasteiger partial charge in [0.25, 0.3) is 0 Å². The fraction of sp³-hybridized carbons (Fsp3) is 0.0588. The van der Waals surface area contributed by atoms with Crippen molar-refractivity contribution in [2.75, 3.05) is 0 Å². The summed E-state index contributed by atoms with van der Waals surface area (Å²) in [7, 11) is 0. The van der Waals surface area contributed by atoms with Crippen LogP contribution in [-0.4, -0.2) is 9.97 Å². The van der Waals surface area contributed by atoms with Crippen molar-refractivity contribution in [2.45, 2.75) is 19.3 Å². The van der Waals surface area contributed by atoms with Crippen molar-refractivity contribution in [2.24, 2.45) is 0 Å². The number of hydrogen-bond acceptors (Lipinski definition) is 3. The SMILES string of the molecule is CC1(C)c2ccc(-c3ccc(-c4nc(-c5ccccc5)cc(-c5cccc6c5sc5ccccc56)n4)c4ccccc34)cc2-c2cc3ccccc3cc21. The van der Waals surface area contributed by atoms with Gasteiger partial charge in [0.1, 0.15) is 0 Å². The average Bonchev–Trinajstić information content (AvgIpc) is 3.71. The fourth-order valence-corrected chi connectivity index (χ4v) is 9.99. The highest BCUT2D eigenvalue weighted by atomic mass is 32.1. The topological polar surface area (TPSA) is 25.8 Å². The molecule has 3 heteroatoms. The number of fused-ring (bicyclic) bond motifs is 8. The zero-order valence-electron chi connectivity index (χ0n) is 30.0. The molecule has 2 nitrogen and oxygen atoms in total. The summed E-state index contributed by atoms with van der Waals surface area (Å²) in [6.07, 6.45) is 0. The Morgan fingerprint density at radius 2 is 1.06 bits per heavy atom. The Morgan fingerprint density at radius 1 is 0.407 bits per heavy atom. The van der Waals surface area contributed by atoms with E-state index in [1.54, 1.807) is 0 Å². The number of thiophene rings is 1. The van der Waals surface area contributed by atoms with E-state index in [9.17, 15) is 0 Å². The second-order valence-electron chi connectivity index (χ2n) is 14.9. The van der Waals surface area contributed by atoms with Gasteiger partial charge in [-0.3, -0.25) is 0 Å². The van der Waals surface area contributed by atoms with Gasteiger partial charge < -0.3 is 0 Å². The zero-order valence-corrected chi connectivity index (χ0v) is 30.8. The van der Waals surface area contributed by atoms with Gasteiger partial charge in [-0.25, -0.2) is 9.97 Å². The summed E-state index contributed by atoms with van der Waals surface area (Å²) in [4.78, 5) is 10.7. The normalized spacial score (nSPS) is 13.1. The molecule has 0 spiro atoms. The summed E-state index contributed by atoms with van der Waals surface area (Å²) >= 11 is 1.83. The lowest BCUT2D eigenvalue weighted by Gasteiger charge is -2.22. The minimum absolute atomic E-state index is 0.0713.